The van der Waals surface area contributed by atoms with E-state index in [1.54, 1.807) is 0 Å². The Morgan fingerprint density at radius 3 is 1.84 bits per heavy atom. The van der Waals surface area contributed by atoms with Crippen molar-refractivity contribution in [2.24, 2.45) is 0 Å². The molecule has 1 fully saturated rings. The van der Waals surface area contributed by atoms with Crippen molar-refractivity contribution in [1.82, 2.24) is 10.2 Å². The number of aliphatic hydroxyl groups is 1. The summed E-state index contributed by atoms with van der Waals surface area (Å²) in [5, 5.41) is 21.3. The molecule has 8 heteroatoms. The molecule has 0 saturated carbocycles. The fourth-order valence-corrected chi connectivity index (χ4v) is 6.19. The average molecular weight is 665 g/mol. The fourth-order valence-electron chi connectivity index (χ4n) is 6.19. The number of rotatable bonds is 18. The van der Waals surface area contributed by atoms with Gasteiger partial charge in [0.05, 0.1) is 18.8 Å². The second kappa shape index (κ2) is 19.0. The van der Waals surface area contributed by atoms with Crippen molar-refractivity contribution in [2.75, 3.05) is 6.54 Å². The summed E-state index contributed by atoms with van der Waals surface area (Å²) >= 11 is 0. The fraction of sp³-hybridized carbons (Fsp3) is 0.366. The van der Waals surface area contributed by atoms with Gasteiger partial charge in [-0.05, 0) is 40.7 Å². The largest absolute Gasteiger partial charge is 0.481 e. The van der Waals surface area contributed by atoms with E-state index in [1.165, 1.54) is 11.1 Å². The second-order valence-electron chi connectivity index (χ2n) is 12.8. The molecular formula is C41H48N2O6. The first kappa shape index (κ1) is 36.0. The number of unbranched alkanes of at least 4 members (excludes halogenated alkanes) is 3. The van der Waals surface area contributed by atoms with E-state index in [2.05, 4.69) is 58.7 Å². The van der Waals surface area contributed by atoms with Crippen LogP contribution in [0.2, 0.25) is 0 Å². The van der Waals surface area contributed by atoms with Crippen molar-refractivity contribution in [3.8, 4) is 0 Å². The third-order valence-corrected chi connectivity index (χ3v) is 8.86. The summed E-state index contributed by atoms with van der Waals surface area (Å²) in [5.74, 6) is -0.780. The molecule has 0 bridgehead atoms. The van der Waals surface area contributed by atoms with Crippen LogP contribution in [0.5, 0.6) is 0 Å². The van der Waals surface area contributed by atoms with Gasteiger partial charge in [0.2, 0.25) is 5.91 Å². The Balaban J connectivity index is 1.24. The van der Waals surface area contributed by atoms with Crippen molar-refractivity contribution in [3.05, 3.63) is 143 Å². The molecule has 3 atom stereocenters. The predicted molar refractivity (Wildman–Crippen MR) is 189 cm³/mol. The van der Waals surface area contributed by atoms with Gasteiger partial charge in [-0.15, -0.1) is 0 Å². The van der Waals surface area contributed by atoms with Crippen LogP contribution in [0.25, 0.3) is 0 Å². The van der Waals surface area contributed by atoms with Gasteiger partial charge < -0.3 is 25.0 Å². The predicted octanol–water partition coefficient (Wildman–Crippen LogP) is 7.47. The number of aliphatic hydroxyl groups excluding tert-OH is 1. The van der Waals surface area contributed by atoms with E-state index in [0.29, 0.717) is 25.8 Å². The molecule has 1 saturated heterocycles. The van der Waals surface area contributed by atoms with Crippen LogP contribution < -0.4 is 5.32 Å². The first-order valence-corrected chi connectivity index (χ1v) is 17.3. The summed E-state index contributed by atoms with van der Waals surface area (Å²) in [6.07, 6.45) is 3.52. The lowest BCUT2D eigenvalue weighted by Gasteiger charge is -2.38. The van der Waals surface area contributed by atoms with Gasteiger partial charge in [0, 0.05) is 51.0 Å². The first-order chi connectivity index (χ1) is 23.9. The summed E-state index contributed by atoms with van der Waals surface area (Å²) in [6.45, 7) is 2.74. The maximum Gasteiger partial charge on any atom is 0.303 e. The van der Waals surface area contributed by atoms with Crippen LogP contribution >= 0.6 is 0 Å². The van der Waals surface area contributed by atoms with Crippen molar-refractivity contribution in [1.29, 1.82) is 0 Å². The molecule has 4 aromatic carbocycles. The minimum atomic E-state index is -0.775. The van der Waals surface area contributed by atoms with E-state index in [9.17, 15) is 14.7 Å². The molecule has 49 heavy (non-hydrogen) atoms. The Morgan fingerprint density at radius 1 is 0.673 bits per heavy atom. The summed E-state index contributed by atoms with van der Waals surface area (Å²) in [4.78, 5) is 25.5. The maximum absolute atomic E-state index is 12.4. The highest BCUT2D eigenvalue weighted by molar-refractivity contribution is 5.75. The van der Waals surface area contributed by atoms with Gasteiger partial charge in [0.25, 0.3) is 0 Å². The van der Waals surface area contributed by atoms with Gasteiger partial charge in [0.15, 0.2) is 6.29 Å². The van der Waals surface area contributed by atoms with E-state index >= 15 is 0 Å². The van der Waals surface area contributed by atoms with Crippen LogP contribution in [-0.2, 0) is 45.3 Å². The molecule has 258 valence electrons. The summed E-state index contributed by atoms with van der Waals surface area (Å²) < 4.78 is 13.3. The van der Waals surface area contributed by atoms with Gasteiger partial charge in [-0.1, -0.05) is 122 Å². The number of nitrogens with zero attached hydrogens (tertiary/aromatic N) is 1. The van der Waals surface area contributed by atoms with Crippen molar-refractivity contribution in [2.45, 2.75) is 89.7 Å². The lowest BCUT2D eigenvalue weighted by Crippen LogP contribution is -2.39. The number of hydrogen-bond donors (Lipinski definition) is 3. The molecule has 1 amide bonds. The van der Waals surface area contributed by atoms with E-state index < -0.39 is 12.3 Å². The Morgan fingerprint density at radius 2 is 1.24 bits per heavy atom. The number of nitrogens with one attached hydrogen (secondary N) is 1. The molecule has 8 nitrogen and oxygen atoms in total. The number of carbonyl (C=O) groups excluding carboxylic acids is 1. The van der Waals surface area contributed by atoms with Crippen LogP contribution in [0, 0.1) is 0 Å². The normalized spacial score (nSPS) is 17.6. The lowest BCUT2D eigenvalue weighted by atomic mass is 9.99. The zero-order chi connectivity index (χ0) is 34.3. The summed E-state index contributed by atoms with van der Waals surface area (Å²) in [7, 11) is 0. The third-order valence-electron chi connectivity index (χ3n) is 8.86. The van der Waals surface area contributed by atoms with Gasteiger partial charge >= 0.3 is 5.97 Å². The Hall–Kier alpha value is -4.34. The van der Waals surface area contributed by atoms with Gasteiger partial charge in [0.1, 0.15) is 0 Å². The number of carboxylic acid groups (broad SMARTS) is 1. The molecule has 0 radical (unpaired) electrons. The minimum absolute atomic E-state index is 0.00447. The van der Waals surface area contributed by atoms with Gasteiger partial charge in [-0.3, -0.25) is 14.5 Å². The number of benzene rings is 4. The van der Waals surface area contributed by atoms with Gasteiger partial charge in [-0.2, -0.15) is 0 Å². The molecule has 1 aliphatic heterocycles. The third kappa shape index (κ3) is 11.9. The van der Waals surface area contributed by atoms with Crippen LogP contribution in [0.15, 0.2) is 109 Å². The Kier molecular flexibility index (Phi) is 13.9. The topological polar surface area (TPSA) is 108 Å². The quantitative estimate of drug-likeness (QED) is 0.0948. The molecule has 0 aliphatic carbocycles. The van der Waals surface area contributed by atoms with E-state index in [4.69, 9.17) is 14.6 Å². The Bertz CT molecular complexity index is 1520. The van der Waals surface area contributed by atoms with Crippen LogP contribution in [0.1, 0.15) is 90.7 Å². The number of hydrogen-bond acceptors (Lipinski definition) is 6. The van der Waals surface area contributed by atoms with Crippen molar-refractivity contribution in [3.63, 3.8) is 0 Å². The molecule has 5 rings (SSSR count). The Labute approximate surface area is 289 Å². The molecule has 0 unspecified atom stereocenters. The van der Waals surface area contributed by atoms with E-state index in [1.807, 2.05) is 60.7 Å². The first-order valence-electron chi connectivity index (χ1n) is 17.3. The smallest absolute Gasteiger partial charge is 0.303 e. The highest BCUT2D eigenvalue weighted by Gasteiger charge is 2.33. The SMILES string of the molecule is O=C(O)CCCCCCC(=O)NCc1ccc([C@@H]2O[C@H](CN(Cc3ccccc3)Cc3ccccc3)C[C@H](c3ccc(CO)cc3)O2)cc1. The van der Waals surface area contributed by atoms with Crippen molar-refractivity contribution < 1.29 is 29.3 Å². The molecule has 3 N–H and O–H groups in total. The highest BCUT2D eigenvalue weighted by Crippen LogP contribution is 2.38. The highest BCUT2D eigenvalue weighted by atomic mass is 16.7. The zero-order valence-electron chi connectivity index (χ0n) is 28.1. The summed E-state index contributed by atoms with van der Waals surface area (Å²) in [5.41, 5.74) is 6.30. The minimum Gasteiger partial charge on any atom is -0.481 e. The number of carboxylic acids is 1. The van der Waals surface area contributed by atoms with Crippen LogP contribution in [0.4, 0.5) is 0 Å². The number of aliphatic carboxylic acids is 1. The lowest BCUT2D eigenvalue weighted by molar-refractivity contribution is -0.253. The molecule has 0 aromatic heterocycles. The molecule has 1 aliphatic rings. The number of amides is 1. The molecule has 1 heterocycles. The molecule has 4 aromatic rings. The standard InChI is InChI=1S/C41H48N2O6/c44-30-34-19-21-35(22-20-34)38-25-37(29-43(27-32-11-5-3-6-12-32)28-33-13-7-4-8-14-33)48-41(49-38)36-23-17-31(18-24-36)26-42-39(45)15-9-1-2-10-16-40(46)47/h3-8,11-14,17-24,37-38,41,44H,1-2,9-10,15-16,25-30H2,(H,42,45)(H,46,47)/t37-,38+,41+/m0/s1. The van der Waals surface area contributed by atoms with Gasteiger partial charge in [-0.25, -0.2) is 0 Å². The second-order valence-corrected chi connectivity index (χ2v) is 12.8. The average Bonchev–Trinajstić information content (AvgIpc) is 3.13. The van der Waals surface area contributed by atoms with E-state index in [0.717, 1.165) is 61.2 Å². The number of ether oxygens (including phenoxy) is 2. The van der Waals surface area contributed by atoms with Crippen LogP contribution in [-0.4, -0.2) is 39.6 Å². The molecular weight excluding hydrogens is 616 g/mol. The van der Waals surface area contributed by atoms with Crippen LogP contribution in [0.3, 0.4) is 0 Å². The van der Waals surface area contributed by atoms with Crippen molar-refractivity contribution >= 4 is 11.9 Å². The zero-order valence-corrected chi connectivity index (χ0v) is 28.1. The maximum atomic E-state index is 12.4. The number of carbonyl (C=O) groups is 2. The van der Waals surface area contributed by atoms with E-state index in [-0.39, 0.29) is 31.1 Å². The monoisotopic (exact) mass is 664 g/mol. The molecule has 0 spiro atoms. The summed E-state index contributed by atoms with van der Waals surface area (Å²) in [6, 6.07) is 37.0.